The first kappa shape index (κ1) is 18.6. The van der Waals surface area contributed by atoms with E-state index in [4.69, 9.17) is 9.47 Å². The highest BCUT2D eigenvalue weighted by Gasteiger charge is 2.04. The second kappa shape index (κ2) is 10.9. The maximum absolute atomic E-state index is 5.67. The van der Waals surface area contributed by atoms with Crippen LogP contribution in [0.3, 0.4) is 0 Å². The third kappa shape index (κ3) is 6.71. The highest BCUT2D eigenvalue weighted by atomic mass is 16.5. The Kier molecular flexibility index (Phi) is 8.11. The average Bonchev–Trinajstić information content (AvgIpc) is 2.65. The number of hydrogen-bond acceptors (Lipinski definition) is 4. The van der Waals surface area contributed by atoms with E-state index in [0.29, 0.717) is 32.2 Å². The molecular weight excluding hydrogens is 316 g/mol. The van der Waals surface area contributed by atoms with E-state index in [0.717, 1.165) is 23.8 Å². The number of ether oxygens (including phenoxy) is 2. The van der Waals surface area contributed by atoms with Gasteiger partial charge in [0.1, 0.15) is 12.4 Å². The largest absolute Gasteiger partial charge is 0.492 e. The molecular formula is C19H26N4O2. The fraction of sp³-hybridized carbons (Fsp3) is 0.368. The van der Waals surface area contributed by atoms with Gasteiger partial charge in [-0.15, -0.1) is 0 Å². The van der Waals surface area contributed by atoms with Crippen molar-refractivity contribution in [2.24, 2.45) is 4.99 Å². The fourth-order valence-corrected chi connectivity index (χ4v) is 2.17. The molecule has 0 saturated heterocycles. The molecule has 0 saturated carbocycles. The Hall–Kier alpha value is -2.76. The standard InChI is InChI=1S/C19H26N4O2/c1-3-20-19(22-13-14-25-17-10-6-5-7-11-17)23-15-16-9-8-12-21-18(16)24-4-2/h5-12H,3-4,13-15H2,1-2H3,(H2,20,22,23). The highest BCUT2D eigenvalue weighted by Crippen LogP contribution is 2.15. The summed E-state index contributed by atoms with van der Waals surface area (Å²) in [6.07, 6.45) is 1.72. The van der Waals surface area contributed by atoms with Gasteiger partial charge in [-0.25, -0.2) is 9.98 Å². The van der Waals surface area contributed by atoms with Crippen LogP contribution in [0.4, 0.5) is 0 Å². The van der Waals surface area contributed by atoms with Crippen molar-refractivity contribution in [1.82, 2.24) is 15.6 Å². The van der Waals surface area contributed by atoms with Crippen molar-refractivity contribution in [3.8, 4) is 11.6 Å². The smallest absolute Gasteiger partial charge is 0.218 e. The number of aromatic nitrogens is 1. The van der Waals surface area contributed by atoms with Gasteiger partial charge in [0.25, 0.3) is 0 Å². The molecule has 6 heteroatoms. The van der Waals surface area contributed by atoms with Crippen LogP contribution in [0.5, 0.6) is 11.6 Å². The Morgan fingerprint density at radius 2 is 1.88 bits per heavy atom. The van der Waals surface area contributed by atoms with Gasteiger partial charge in [0.2, 0.25) is 5.88 Å². The SMILES string of the molecule is CCNC(=NCc1cccnc1OCC)NCCOc1ccccc1. The summed E-state index contributed by atoms with van der Waals surface area (Å²) in [6, 6.07) is 13.6. The molecule has 0 aliphatic heterocycles. The second-order valence-corrected chi connectivity index (χ2v) is 5.18. The second-order valence-electron chi connectivity index (χ2n) is 5.18. The normalized spacial score (nSPS) is 11.0. The summed E-state index contributed by atoms with van der Waals surface area (Å²) in [5.74, 6) is 2.24. The number of nitrogens with one attached hydrogen (secondary N) is 2. The van der Waals surface area contributed by atoms with Gasteiger partial charge in [0.05, 0.1) is 19.7 Å². The lowest BCUT2D eigenvalue weighted by molar-refractivity contribution is 0.321. The van der Waals surface area contributed by atoms with E-state index in [1.807, 2.05) is 56.3 Å². The van der Waals surface area contributed by atoms with E-state index in [-0.39, 0.29) is 0 Å². The molecule has 1 heterocycles. The summed E-state index contributed by atoms with van der Waals surface area (Å²) in [4.78, 5) is 8.84. The van der Waals surface area contributed by atoms with Crippen molar-refractivity contribution in [3.05, 3.63) is 54.2 Å². The van der Waals surface area contributed by atoms with E-state index >= 15 is 0 Å². The van der Waals surface area contributed by atoms with Crippen LogP contribution in [0.2, 0.25) is 0 Å². The zero-order valence-electron chi connectivity index (χ0n) is 14.9. The van der Waals surface area contributed by atoms with E-state index in [1.54, 1.807) is 6.20 Å². The molecule has 0 fully saturated rings. The summed E-state index contributed by atoms with van der Waals surface area (Å²) in [5, 5.41) is 6.49. The quantitative estimate of drug-likeness (QED) is 0.416. The van der Waals surface area contributed by atoms with Crippen LogP contribution in [0.15, 0.2) is 53.7 Å². The van der Waals surface area contributed by atoms with E-state index in [2.05, 4.69) is 20.6 Å². The summed E-state index contributed by atoms with van der Waals surface area (Å²) in [6.45, 7) is 7.07. The minimum Gasteiger partial charge on any atom is -0.492 e. The minimum absolute atomic E-state index is 0.498. The average molecular weight is 342 g/mol. The fourth-order valence-electron chi connectivity index (χ4n) is 2.17. The van der Waals surface area contributed by atoms with Gasteiger partial charge < -0.3 is 20.1 Å². The van der Waals surface area contributed by atoms with Crippen molar-refractivity contribution in [3.63, 3.8) is 0 Å². The van der Waals surface area contributed by atoms with Crippen molar-refractivity contribution >= 4 is 5.96 Å². The van der Waals surface area contributed by atoms with Crippen LogP contribution in [0.25, 0.3) is 0 Å². The summed E-state index contributed by atoms with van der Waals surface area (Å²) >= 11 is 0. The zero-order valence-corrected chi connectivity index (χ0v) is 14.9. The molecule has 0 amide bonds. The monoisotopic (exact) mass is 342 g/mol. The zero-order chi connectivity index (χ0) is 17.7. The minimum atomic E-state index is 0.498. The molecule has 2 aromatic rings. The maximum Gasteiger partial charge on any atom is 0.218 e. The van der Waals surface area contributed by atoms with Gasteiger partial charge in [-0.1, -0.05) is 24.3 Å². The van der Waals surface area contributed by atoms with Crippen molar-refractivity contribution in [2.45, 2.75) is 20.4 Å². The van der Waals surface area contributed by atoms with Gasteiger partial charge in [-0.05, 0) is 32.0 Å². The van der Waals surface area contributed by atoms with E-state index in [1.165, 1.54) is 0 Å². The molecule has 1 aromatic carbocycles. The number of rotatable bonds is 9. The van der Waals surface area contributed by atoms with Crippen LogP contribution < -0.4 is 20.1 Å². The molecule has 1 aromatic heterocycles. The molecule has 2 rings (SSSR count). The number of aliphatic imine (C=N–C) groups is 1. The van der Waals surface area contributed by atoms with Crippen molar-refractivity contribution in [1.29, 1.82) is 0 Å². The Morgan fingerprint density at radius 1 is 1.04 bits per heavy atom. The van der Waals surface area contributed by atoms with Crippen molar-refractivity contribution in [2.75, 3.05) is 26.3 Å². The Labute approximate surface area is 149 Å². The third-order valence-electron chi connectivity index (χ3n) is 3.29. The number of hydrogen-bond donors (Lipinski definition) is 2. The molecule has 0 unspecified atom stereocenters. The van der Waals surface area contributed by atoms with Gasteiger partial charge in [-0.3, -0.25) is 0 Å². The maximum atomic E-state index is 5.67. The summed E-state index contributed by atoms with van der Waals surface area (Å²) in [7, 11) is 0. The Bertz CT molecular complexity index is 647. The number of guanidine groups is 1. The molecule has 25 heavy (non-hydrogen) atoms. The lowest BCUT2D eigenvalue weighted by Gasteiger charge is -2.12. The Morgan fingerprint density at radius 3 is 2.64 bits per heavy atom. The Balaban J connectivity index is 1.85. The first-order valence-electron chi connectivity index (χ1n) is 8.60. The first-order chi connectivity index (χ1) is 12.3. The third-order valence-corrected chi connectivity index (χ3v) is 3.29. The van der Waals surface area contributed by atoms with E-state index < -0.39 is 0 Å². The van der Waals surface area contributed by atoms with Gasteiger partial charge in [0, 0.05) is 18.3 Å². The highest BCUT2D eigenvalue weighted by molar-refractivity contribution is 5.79. The molecule has 0 bridgehead atoms. The molecule has 0 aliphatic rings. The predicted molar refractivity (Wildman–Crippen MR) is 100 cm³/mol. The van der Waals surface area contributed by atoms with Crippen LogP contribution in [0, 0.1) is 0 Å². The molecule has 134 valence electrons. The predicted octanol–water partition coefficient (Wildman–Crippen LogP) is 2.61. The molecule has 2 N–H and O–H groups in total. The summed E-state index contributed by atoms with van der Waals surface area (Å²) in [5.41, 5.74) is 0.960. The number of benzene rings is 1. The van der Waals surface area contributed by atoms with E-state index in [9.17, 15) is 0 Å². The first-order valence-corrected chi connectivity index (χ1v) is 8.60. The number of pyridine rings is 1. The van der Waals surface area contributed by atoms with Gasteiger partial charge in [0.15, 0.2) is 5.96 Å². The topological polar surface area (TPSA) is 67.8 Å². The molecule has 0 radical (unpaired) electrons. The lowest BCUT2D eigenvalue weighted by atomic mass is 10.3. The van der Waals surface area contributed by atoms with Gasteiger partial charge in [-0.2, -0.15) is 0 Å². The van der Waals surface area contributed by atoms with Crippen LogP contribution >= 0.6 is 0 Å². The van der Waals surface area contributed by atoms with Crippen molar-refractivity contribution < 1.29 is 9.47 Å². The molecule has 0 aliphatic carbocycles. The van der Waals surface area contributed by atoms with Gasteiger partial charge >= 0.3 is 0 Å². The lowest BCUT2D eigenvalue weighted by Crippen LogP contribution is -2.39. The molecule has 0 spiro atoms. The van der Waals surface area contributed by atoms with Crippen LogP contribution in [0.1, 0.15) is 19.4 Å². The number of para-hydroxylation sites is 1. The number of nitrogens with zero attached hydrogens (tertiary/aromatic N) is 2. The molecule has 6 nitrogen and oxygen atoms in total. The molecule has 0 atom stereocenters. The van der Waals surface area contributed by atoms with Crippen LogP contribution in [-0.4, -0.2) is 37.2 Å². The summed E-state index contributed by atoms with van der Waals surface area (Å²) < 4.78 is 11.2. The van der Waals surface area contributed by atoms with Crippen LogP contribution in [-0.2, 0) is 6.54 Å².